The van der Waals surface area contributed by atoms with Gasteiger partial charge in [-0.15, -0.1) is 11.8 Å². The number of rotatable bonds is 11. The van der Waals surface area contributed by atoms with E-state index in [1.165, 1.54) is 30.3 Å². The van der Waals surface area contributed by atoms with Crippen LogP contribution < -0.4 is 20.7 Å². The molecule has 1 atom stereocenters. The molecule has 4 aromatic rings. The van der Waals surface area contributed by atoms with Crippen molar-refractivity contribution < 1.29 is 27.1 Å². The standard InChI is InChI=1S/C30H30FN5O5S2/c1-40-13-12-32-17-19-6-8-24(34-18-19)28-16-25-29(42-28)27(10-11-33-25)41-26-9-7-21(15-23(26)31)36-30(37)35-20-4-3-5-22(14-20)43(2,38)39/h3-11,14-15,18,28,32H,12-13,16-17H2,1-2H3,(H2,35,36,37). The molecule has 0 aliphatic carbocycles. The third kappa shape index (κ3) is 7.87. The first-order chi connectivity index (χ1) is 20.7. The molecule has 43 heavy (non-hydrogen) atoms. The van der Waals surface area contributed by atoms with Gasteiger partial charge in [-0.05, 0) is 42.0 Å². The van der Waals surface area contributed by atoms with Gasteiger partial charge >= 0.3 is 6.03 Å². The Kier molecular flexibility index (Phi) is 9.56. The van der Waals surface area contributed by atoms with E-state index < -0.39 is 21.7 Å². The highest BCUT2D eigenvalue weighted by molar-refractivity contribution is 8.00. The van der Waals surface area contributed by atoms with Crippen LogP contribution in [-0.2, 0) is 27.5 Å². The van der Waals surface area contributed by atoms with Gasteiger partial charge in [0.05, 0.1) is 33.0 Å². The van der Waals surface area contributed by atoms with Crippen LogP contribution in [0.2, 0.25) is 0 Å². The van der Waals surface area contributed by atoms with Crippen LogP contribution >= 0.6 is 11.8 Å². The highest BCUT2D eigenvalue weighted by atomic mass is 32.2. The Morgan fingerprint density at radius 1 is 1.05 bits per heavy atom. The zero-order chi connectivity index (χ0) is 30.4. The molecule has 10 nitrogen and oxygen atoms in total. The number of aromatic nitrogens is 2. The summed E-state index contributed by atoms with van der Waals surface area (Å²) in [6, 6.07) is 15.0. The van der Waals surface area contributed by atoms with Gasteiger partial charge in [-0.2, -0.15) is 0 Å². The molecule has 3 N–H and O–H groups in total. The highest BCUT2D eigenvalue weighted by Gasteiger charge is 2.29. The SMILES string of the molecule is COCCNCc1ccc(C2Cc3nccc(Oc4ccc(NC(=O)Nc5cccc(S(C)(=O)=O)c5)cc4F)c3S2)nc1. The second-order valence-electron chi connectivity index (χ2n) is 9.78. The van der Waals surface area contributed by atoms with E-state index in [-0.39, 0.29) is 27.3 Å². The van der Waals surface area contributed by atoms with Crippen molar-refractivity contribution in [2.45, 2.75) is 28.0 Å². The van der Waals surface area contributed by atoms with E-state index in [1.807, 2.05) is 12.3 Å². The van der Waals surface area contributed by atoms with Gasteiger partial charge in [0.25, 0.3) is 0 Å². The molecular weight excluding hydrogens is 593 g/mol. The van der Waals surface area contributed by atoms with Crippen LogP contribution in [0.1, 0.15) is 22.2 Å². The van der Waals surface area contributed by atoms with Crippen molar-refractivity contribution in [1.29, 1.82) is 0 Å². The van der Waals surface area contributed by atoms with Gasteiger partial charge in [0.1, 0.15) is 5.75 Å². The fourth-order valence-corrected chi connectivity index (χ4v) is 6.31. The first-order valence-electron chi connectivity index (χ1n) is 13.3. The number of urea groups is 1. The molecular formula is C30H30FN5O5S2. The number of carbonyl (C=O) groups is 1. The Labute approximate surface area is 253 Å². The lowest BCUT2D eigenvalue weighted by molar-refractivity contribution is 0.199. The lowest BCUT2D eigenvalue weighted by atomic mass is 10.1. The molecule has 1 aliphatic rings. The van der Waals surface area contributed by atoms with Crippen molar-refractivity contribution in [2.75, 3.05) is 37.2 Å². The van der Waals surface area contributed by atoms with Crippen LogP contribution in [0.15, 0.2) is 82.8 Å². The number of halogens is 1. The number of nitrogens with zero attached hydrogens (tertiary/aromatic N) is 2. The van der Waals surface area contributed by atoms with E-state index in [1.54, 1.807) is 37.2 Å². The van der Waals surface area contributed by atoms with Crippen molar-refractivity contribution in [3.05, 3.63) is 95.8 Å². The minimum Gasteiger partial charge on any atom is -0.453 e. The molecule has 2 aromatic heterocycles. The first-order valence-corrected chi connectivity index (χ1v) is 16.1. The van der Waals surface area contributed by atoms with Crippen LogP contribution in [0.3, 0.4) is 0 Å². The molecule has 1 aliphatic heterocycles. The summed E-state index contributed by atoms with van der Waals surface area (Å²) < 4.78 is 49.6. The van der Waals surface area contributed by atoms with Gasteiger partial charge in [0.2, 0.25) is 0 Å². The lowest BCUT2D eigenvalue weighted by Crippen LogP contribution is -2.19. The molecule has 5 rings (SSSR count). The monoisotopic (exact) mass is 623 g/mol. The van der Waals surface area contributed by atoms with E-state index in [4.69, 9.17) is 9.47 Å². The van der Waals surface area contributed by atoms with Crippen molar-refractivity contribution in [2.24, 2.45) is 0 Å². The number of methoxy groups -OCH3 is 1. The van der Waals surface area contributed by atoms with Crippen LogP contribution in [-0.4, -0.2) is 50.9 Å². The van der Waals surface area contributed by atoms with E-state index >= 15 is 4.39 Å². The molecule has 0 saturated carbocycles. The number of sulfone groups is 1. The van der Waals surface area contributed by atoms with Gasteiger partial charge in [-0.3, -0.25) is 9.97 Å². The maximum atomic E-state index is 15.1. The van der Waals surface area contributed by atoms with Crippen LogP contribution in [0.4, 0.5) is 20.6 Å². The molecule has 224 valence electrons. The summed E-state index contributed by atoms with van der Waals surface area (Å²) in [4.78, 5) is 22.5. The number of thioether (sulfide) groups is 1. The zero-order valence-electron chi connectivity index (χ0n) is 23.5. The number of hydrogen-bond acceptors (Lipinski definition) is 9. The molecule has 13 heteroatoms. The van der Waals surface area contributed by atoms with Gasteiger partial charge in [-0.25, -0.2) is 17.6 Å². The maximum absolute atomic E-state index is 15.1. The fourth-order valence-electron chi connectivity index (χ4n) is 4.36. The Morgan fingerprint density at radius 3 is 2.58 bits per heavy atom. The minimum atomic E-state index is -3.43. The fraction of sp³-hybridized carbons (Fsp3) is 0.233. The van der Waals surface area contributed by atoms with E-state index in [0.717, 1.165) is 40.7 Å². The number of ether oxygens (including phenoxy) is 2. The largest absolute Gasteiger partial charge is 0.453 e. The molecule has 2 amide bonds. The quantitative estimate of drug-likeness (QED) is 0.183. The maximum Gasteiger partial charge on any atom is 0.323 e. The number of nitrogens with one attached hydrogen (secondary N) is 3. The van der Waals surface area contributed by atoms with Crippen molar-refractivity contribution in [1.82, 2.24) is 15.3 Å². The average molecular weight is 624 g/mol. The van der Waals surface area contributed by atoms with Gasteiger partial charge in [0, 0.05) is 68.8 Å². The Hall–Kier alpha value is -4.04. The number of anilines is 2. The molecule has 0 radical (unpaired) electrons. The van der Waals surface area contributed by atoms with Crippen molar-refractivity contribution in [3.63, 3.8) is 0 Å². The third-order valence-corrected chi connectivity index (χ3v) is 8.98. The third-order valence-electron chi connectivity index (χ3n) is 6.50. The van der Waals surface area contributed by atoms with Crippen molar-refractivity contribution >= 4 is 39.0 Å². The molecule has 2 aromatic carbocycles. The second-order valence-corrected chi connectivity index (χ2v) is 13.0. The predicted molar refractivity (Wildman–Crippen MR) is 163 cm³/mol. The summed E-state index contributed by atoms with van der Waals surface area (Å²) in [6.45, 7) is 2.12. The van der Waals surface area contributed by atoms with E-state index in [2.05, 4.69) is 32.0 Å². The molecule has 0 fully saturated rings. The molecule has 0 bridgehead atoms. The molecule has 0 saturated heterocycles. The number of fused-ring (bicyclic) bond motifs is 1. The summed E-state index contributed by atoms with van der Waals surface area (Å²) in [5.41, 5.74) is 3.34. The van der Waals surface area contributed by atoms with E-state index in [0.29, 0.717) is 25.3 Å². The van der Waals surface area contributed by atoms with Gasteiger partial charge < -0.3 is 25.4 Å². The number of pyridine rings is 2. The summed E-state index contributed by atoms with van der Waals surface area (Å²) in [5.74, 6) is -0.189. The predicted octanol–water partition coefficient (Wildman–Crippen LogP) is 5.58. The molecule has 1 unspecified atom stereocenters. The van der Waals surface area contributed by atoms with Gasteiger partial charge in [-0.1, -0.05) is 12.1 Å². The normalized spacial score (nSPS) is 14.3. The minimum absolute atomic E-state index is 0.00675. The summed E-state index contributed by atoms with van der Waals surface area (Å²) in [7, 11) is -1.76. The first kappa shape index (κ1) is 30.4. The topological polar surface area (TPSA) is 132 Å². The molecule has 0 spiro atoms. The number of hydrogen-bond donors (Lipinski definition) is 3. The lowest BCUT2D eigenvalue weighted by Gasteiger charge is -2.13. The Morgan fingerprint density at radius 2 is 1.86 bits per heavy atom. The Balaban J connectivity index is 1.21. The van der Waals surface area contributed by atoms with Crippen molar-refractivity contribution in [3.8, 4) is 11.5 Å². The van der Waals surface area contributed by atoms with Crippen LogP contribution in [0.5, 0.6) is 11.5 Å². The summed E-state index contributed by atoms with van der Waals surface area (Å²) in [6.07, 6.45) is 5.25. The molecule has 3 heterocycles. The highest BCUT2D eigenvalue weighted by Crippen LogP contribution is 2.50. The zero-order valence-corrected chi connectivity index (χ0v) is 25.1. The van der Waals surface area contributed by atoms with Crippen LogP contribution in [0, 0.1) is 5.82 Å². The number of carbonyl (C=O) groups excluding carboxylic acids is 1. The Bertz CT molecular complexity index is 1720. The number of amides is 2. The average Bonchev–Trinajstić information content (AvgIpc) is 3.42. The smallest absolute Gasteiger partial charge is 0.323 e. The summed E-state index contributed by atoms with van der Waals surface area (Å²) in [5, 5.41) is 8.44. The van der Waals surface area contributed by atoms with Crippen LogP contribution in [0.25, 0.3) is 0 Å². The summed E-state index contributed by atoms with van der Waals surface area (Å²) >= 11 is 1.58. The second kappa shape index (κ2) is 13.5. The van der Waals surface area contributed by atoms with Gasteiger partial charge in [0.15, 0.2) is 21.4 Å². The number of benzene rings is 2. The van der Waals surface area contributed by atoms with E-state index in [9.17, 15) is 13.2 Å².